The molecule has 0 spiro atoms. The van der Waals surface area contributed by atoms with E-state index < -0.39 is 5.60 Å². The number of amides is 1. The standard InChI is InChI=1S/C17H25ClN4O3/c1-17(2,3)25-16(23)21(4)13-9-22(10-13)14(15(19)20-24)11-5-7-12(18)8-6-11/h5-8,13-14,24H,9-10H2,1-4H3,(H2,19,20). The number of ether oxygens (including phenoxy) is 1. The van der Waals surface area contributed by atoms with E-state index in [-0.39, 0.29) is 24.0 Å². The molecule has 0 saturated carbocycles. The number of rotatable bonds is 4. The van der Waals surface area contributed by atoms with Crippen molar-refractivity contribution in [1.29, 1.82) is 0 Å². The van der Waals surface area contributed by atoms with E-state index in [0.29, 0.717) is 18.1 Å². The maximum atomic E-state index is 12.1. The summed E-state index contributed by atoms with van der Waals surface area (Å²) in [7, 11) is 1.72. The molecule has 7 nitrogen and oxygen atoms in total. The van der Waals surface area contributed by atoms with Gasteiger partial charge in [0.2, 0.25) is 0 Å². The Kier molecular flexibility index (Phi) is 5.80. The lowest BCUT2D eigenvalue weighted by atomic mass is 9.98. The zero-order valence-corrected chi connectivity index (χ0v) is 15.7. The van der Waals surface area contributed by atoms with Crippen molar-refractivity contribution >= 4 is 23.5 Å². The van der Waals surface area contributed by atoms with Crippen molar-refractivity contribution in [2.75, 3.05) is 20.1 Å². The van der Waals surface area contributed by atoms with E-state index in [1.54, 1.807) is 24.1 Å². The molecule has 138 valence electrons. The second kappa shape index (κ2) is 7.49. The van der Waals surface area contributed by atoms with Crippen LogP contribution >= 0.6 is 11.6 Å². The van der Waals surface area contributed by atoms with Crippen molar-refractivity contribution < 1.29 is 14.7 Å². The summed E-state index contributed by atoms with van der Waals surface area (Å²) in [6.45, 7) is 6.70. The topological polar surface area (TPSA) is 91.4 Å². The third kappa shape index (κ3) is 4.76. The Bertz CT molecular complexity index is 636. The number of nitrogens with zero attached hydrogens (tertiary/aromatic N) is 3. The van der Waals surface area contributed by atoms with Gasteiger partial charge < -0.3 is 20.6 Å². The molecule has 1 heterocycles. The predicted molar refractivity (Wildman–Crippen MR) is 97.0 cm³/mol. The summed E-state index contributed by atoms with van der Waals surface area (Å²) in [4.78, 5) is 15.8. The molecular weight excluding hydrogens is 344 g/mol. The molecule has 1 saturated heterocycles. The summed E-state index contributed by atoms with van der Waals surface area (Å²) >= 11 is 5.93. The van der Waals surface area contributed by atoms with Gasteiger partial charge in [0, 0.05) is 25.2 Å². The Hall–Kier alpha value is -1.99. The van der Waals surface area contributed by atoms with Crippen molar-refractivity contribution in [3.8, 4) is 0 Å². The molecule has 2 rings (SSSR count). The van der Waals surface area contributed by atoms with Gasteiger partial charge in [-0.3, -0.25) is 4.90 Å². The van der Waals surface area contributed by atoms with Gasteiger partial charge in [0.15, 0.2) is 5.84 Å². The number of nitrogens with two attached hydrogens (primary N) is 1. The minimum Gasteiger partial charge on any atom is -0.444 e. The predicted octanol–water partition coefficient (Wildman–Crippen LogP) is 2.68. The van der Waals surface area contributed by atoms with Crippen LogP contribution in [0.5, 0.6) is 0 Å². The molecule has 0 aromatic heterocycles. The van der Waals surface area contributed by atoms with Crippen LogP contribution in [0.15, 0.2) is 29.4 Å². The molecule has 1 aliphatic heterocycles. The van der Waals surface area contributed by atoms with E-state index in [4.69, 9.17) is 27.3 Å². The number of likely N-dealkylation sites (N-methyl/N-ethyl adjacent to an activating group) is 1. The highest BCUT2D eigenvalue weighted by molar-refractivity contribution is 6.30. The molecule has 1 aromatic rings. The first-order valence-corrected chi connectivity index (χ1v) is 8.43. The Morgan fingerprint density at radius 3 is 2.44 bits per heavy atom. The Balaban J connectivity index is 2.04. The van der Waals surface area contributed by atoms with Gasteiger partial charge in [-0.25, -0.2) is 4.79 Å². The van der Waals surface area contributed by atoms with Crippen LogP contribution in [0.2, 0.25) is 5.02 Å². The first kappa shape index (κ1) is 19.3. The third-order valence-electron chi connectivity index (χ3n) is 4.07. The van der Waals surface area contributed by atoms with Crippen molar-refractivity contribution in [2.24, 2.45) is 10.9 Å². The molecule has 8 heteroatoms. The van der Waals surface area contributed by atoms with E-state index in [1.165, 1.54) is 0 Å². The smallest absolute Gasteiger partial charge is 0.410 e. The summed E-state index contributed by atoms with van der Waals surface area (Å²) in [5.74, 6) is 0.0979. The largest absolute Gasteiger partial charge is 0.444 e. The first-order chi connectivity index (χ1) is 11.6. The zero-order chi connectivity index (χ0) is 18.8. The van der Waals surface area contributed by atoms with Crippen LogP contribution in [0, 0.1) is 0 Å². The molecule has 1 aliphatic rings. The minimum atomic E-state index is -0.533. The molecule has 1 unspecified atom stereocenters. The average molecular weight is 369 g/mol. The number of benzene rings is 1. The van der Waals surface area contributed by atoms with Gasteiger partial charge in [-0.2, -0.15) is 0 Å². The van der Waals surface area contributed by atoms with Crippen molar-refractivity contribution in [1.82, 2.24) is 9.80 Å². The Labute approximate surface area is 153 Å². The van der Waals surface area contributed by atoms with Gasteiger partial charge in [0.05, 0.1) is 12.1 Å². The van der Waals surface area contributed by atoms with Crippen LogP contribution in [-0.4, -0.2) is 58.7 Å². The second-order valence-electron chi connectivity index (χ2n) is 7.18. The number of oxime groups is 1. The fourth-order valence-corrected chi connectivity index (χ4v) is 2.82. The highest BCUT2D eigenvalue weighted by Crippen LogP contribution is 2.29. The van der Waals surface area contributed by atoms with Crippen molar-refractivity contribution in [3.05, 3.63) is 34.9 Å². The molecule has 0 bridgehead atoms. The number of hydrogen-bond donors (Lipinski definition) is 2. The van der Waals surface area contributed by atoms with Crippen LogP contribution < -0.4 is 5.73 Å². The van der Waals surface area contributed by atoms with E-state index in [9.17, 15) is 4.79 Å². The van der Waals surface area contributed by atoms with E-state index >= 15 is 0 Å². The number of amidine groups is 1. The minimum absolute atomic E-state index is 0.0103. The Morgan fingerprint density at radius 1 is 1.40 bits per heavy atom. The fraction of sp³-hybridized carbons (Fsp3) is 0.529. The van der Waals surface area contributed by atoms with Gasteiger partial charge in [-0.05, 0) is 38.5 Å². The van der Waals surface area contributed by atoms with E-state index in [2.05, 4.69) is 5.16 Å². The molecule has 3 N–H and O–H groups in total. The van der Waals surface area contributed by atoms with Gasteiger partial charge in [-0.15, -0.1) is 0 Å². The lowest BCUT2D eigenvalue weighted by Crippen LogP contribution is -2.62. The molecule has 1 aromatic carbocycles. The normalized spacial score (nSPS) is 17.7. The lowest BCUT2D eigenvalue weighted by molar-refractivity contribution is -0.00893. The fourth-order valence-electron chi connectivity index (χ4n) is 2.70. The quantitative estimate of drug-likeness (QED) is 0.369. The second-order valence-corrected chi connectivity index (χ2v) is 7.61. The van der Waals surface area contributed by atoms with Gasteiger partial charge in [-0.1, -0.05) is 28.9 Å². The first-order valence-electron chi connectivity index (χ1n) is 8.05. The van der Waals surface area contributed by atoms with Gasteiger partial charge in [0.1, 0.15) is 5.60 Å². The zero-order valence-electron chi connectivity index (χ0n) is 14.9. The molecule has 25 heavy (non-hydrogen) atoms. The number of hydrogen-bond acceptors (Lipinski definition) is 5. The molecule has 1 atom stereocenters. The molecule has 1 amide bonds. The summed E-state index contributed by atoms with van der Waals surface area (Å²) in [6.07, 6.45) is -0.357. The van der Waals surface area contributed by atoms with Crippen molar-refractivity contribution in [3.63, 3.8) is 0 Å². The number of halogens is 1. The van der Waals surface area contributed by atoms with Crippen LogP contribution in [0.4, 0.5) is 4.79 Å². The van der Waals surface area contributed by atoms with Crippen molar-refractivity contribution in [2.45, 2.75) is 38.5 Å². The van der Waals surface area contributed by atoms with E-state index in [1.807, 2.05) is 37.8 Å². The molecule has 0 radical (unpaired) electrons. The summed E-state index contributed by atoms with van der Waals surface area (Å²) < 4.78 is 5.38. The maximum Gasteiger partial charge on any atom is 0.410 e. The molecule has 1 fully saturated rings. The monoisotopic (exact) mass is 368 g/mol. The summed E-state index contributed by atoms with van der Waals surface area (Å²) in [5.41, 5.74) is 6.22. The SMILES string of the molecule is CN(C(=O)OC(C)(C)C)C1CN(C(/C(N)=N/O)c2ccc(Cl)cc2)C1. The number of carbonyl (C=O) groups is 1. The lowest BCUT2D eigenvalue weighted by Gasteiger charge is -2.47. The number of likely N-dealkylation sites (tertiary alicyclic amines) is 1. The van der Waals surface area contributed by atoms with Gasteiger partial charge in [0.25, 0.3) is 0 Å². The van der Waals surface area contributed by atoms with Crippen LogP contribution in [0.25, 0.3) is 0 Å². The molecular formula is C17H25ClN4O3. The van der Waals surface area contributed by atoms with E-state index in [0.717, 1.165) is 5.56 Å². The molecule has 0 aliphatic carbocycles. The Morgan fingerprint density at radius 2 is 1.96 bits per heavy atom. The number of carbonyl (C=O) groups excluding carboxylic acids is 1. The third-order valence-corrected chi connectivity index (χ3v) is 4.32. The van der Waals surface area contributed by atoms with Gasteiger partial charge >= 0.3 is 6.09 Å². The van der Waals surface area contributed by atoms with Crippen LogP contribution in [0.1, 0.15) is 32.4 Å². The summed E-state index contributed by atoms with van der Waals surface area (Å²) in [6, 6.07) is 6.85. The highest BCUT2D eigenvalue weighted by Gasteiger charge is 2.39. The average Bonchev–Trinajstić information content (AvgIpc) is 2.48. The summed E-state index contributed by atoms with van der Waals surface area (Å²) in [5, 5.41) is 12.9. The van der Waals surface area contributed by atoms with Crippen LogP contribution in [-0.2, 0) is 4.74 Å². The maximum absolute atomic E-state index is 12.1. The highest BCUT2D eigenvalue weighted by atomic mass is 35.5. The van der Waals surface area contributed by atoms with Crippen LogP contribution in [0.3, 0.4) is 0 Å².